The number of amides is 2. The van der Waals surface area contributed by atoms with E-state index in [9.17, 15) is 18.4 Å². The van der Waals surface area contributed by atoms with E-state index in [0.29, 0.717) is 0 Å². The lowest BCUT2D eigenvalue weighted by Crippen LogP contribution is -2.25. The van der Waals surface area contributed by atoms with Gasteiger partial charge in [-0.25, -0.2) is 4.68 Å². The van der Waals surface area contributed by atoms with E-state index < -0.39 is 18.6 Å². The molecule has 0 fully saturated rings. The van der Waals surface area contributed by atoms with Crippen LogP contribution in [0.1, 0.15) is 23.5 Å². The van der Waals surface area contributed by atoms with Gasteiger partial charge < -0.3 is 15.0 Å². The van der Waals surface area contributed by atoms with E-state index in [0.717, 1.165) is 0 Å². The van der Waals surface area contributed by atoms with Crippen LogP contribution in [0.2, 0.25) is 0 Å². The monoisotopic (exact) mass is 353 g/mol. The first-order chi connectivity index (χ1) is 11.8. The van der Waals surface area contributed by atoms with Crippen LogP contribution in [-0.4, -0.2) is 52.4 Å². The van der Waals surface area contributed by atoms with Gasteiger partial charge in [0.2, 0.25) is 5.91 Å². The van der Waals surface area contributed by atoms with Gasteiger partial charge in [-0.2, -0.15) is 8.78 Å². The third-order valence-electron chi connectivity index (χ3n) is 3.27. The third kappa shape index (κ3) is 4.49. The van der Waals surface area contributed by atoms with E-state index in [1.54, 1.807) is 20.2 Å². The summed E-state index contributed by atoms with van der Waals surface area (Å²) in [6.45, 7) is -1.48. The zero-order chi connectivity index (χ0) is 18.6. The molecule has 1 aromatic heterocycles. The summed E-state index contributed by atoms with van der Waals surface area (Å²) in [5.41, 5.74) is 0.190. The third-order valence-corrected chi connectivity index (χ3v) is 3.27. The van der Waals surface area contributed by atoms with Crippen LogP contribution in [0.25, 0.3) is 0 Å². The number of aromatic nitrogens is 3. The molecule has 2 aromatic rings. The first-order valence-electron chi connectivity index (χ1n) is 7.27. The van der Waals surface area contributed by atoms with Crippen molar-refractivity contribution in [1.29, 1.82) is 0 Å². The molecule has 0 aliphatic rings. The lowest BCUT2D eigenvalue weighted by Gasteiger charge is -2.15. The smallest absolute Gasteiger partial charge is 0.387 e. The van der Waals surface area contributed by atoms with Crippen molar-refractivity contribution < 1.29 is 23.1 Å². The highest BCUT2D eigenvalue weighted by Gasteiger charge is 2.21. The minimum absolute atomic E-state index is 0.0890. The average Bonchev–Trinajstić information content (AvgIpc) is 3.04. The number of alkyl halides is 2. The van der Waals surface area contributed by atoms with Crippen LogP contribution < -0.4 is 10.1 Å². The molecule has 134 valence electrons. The lowest BCUT2D eigenvalue weighted by molar-refractivity contribution is -0.119. The Kier molecular flexibility index (Phi) is 5.63. The number of nitrogens with one attached hydrogen (secondary N) is 1. The maximum Gasteiger partial charge on any atom is 0.387 e. The summed E-state index contributed by atoms with van der Waals surface area (Å²) in [5, 5.41) is 9.98. The number of nitrogens with zero attached hydrogens (tertiary/aromatic N) is 4. The van der Waals surface area contributed by atoms with E-state index in [-0.39, 0.29) is 23.0 Å². The fourth-order valence-electron chi connectivity index (χ4n) is 1.92. The molecule has 0 spiro atoms. The summed E-state index contributed by atoms with van der Waals surface area (Å²) < 4.78 is 30.4. The minimum Gasteiger partial charge on any atom is -0.433 e. The molecule has 2 amide bonds. The van der Waals surface area contributed by atoms with Crippen LogP contribution in [-0.2, 0) is 4.79 Å². The summed E-state index contributed by atoms with van der Waals surface area (Å²) in [5.74, 6) is -1.03. The van der Waals surface area contributed by atoms with Crippen LogP contribution in [0.3, 0.4) is 0 Å². The fourth-order valence-corrected chi connectivity index (χ4v) is 1.92. The predicted molar refractivity (Wildman–Crippen MR) is 84.5 cm³/mol. The molecule has 1 N–H and O–H groups in total. The molecule has 0 aliphatic heterocycles. The molecule has 1 heterocycles. The van der Waals surface area contributed by atoms with Crippen LogP contribution in [0, 0.1) is 0 Å². The normalized spacial score (nSPS) is 11.9. The van der Waals surface area contributed by atoms with Gasteiger partial charge >= 0.3 is 6.61 Å². The second kappa shape index (κ2) is 7.69. The lowest BCUT2D eigenvalue weighted by atomic mass is 10.2. The van der Waals surface area contributed by atoms with Gasteiger partial charge in [-0.05, 0) is 19.1 Å². The van der Waals surface area contributed by atoms with E-state index in [1.165, 1.54) is 40.9 Å². The van der Waals surface area contributed by atoms with Crippen molar-refractivity contribution in [3.05, 3.63) is 36.2 Å². The molecule has 2 rings (SSSR count). The van der Waals surface area contributed by atoms with Gasteiger partial charge in [-0.15, -0.1) is 5.10 Å². The van der Waals surface area contributed by atoms with Crippen LogP contribution in [0.15, 0.2) is 30.5 Å². The SMILES string of the molecule is CC(C(=O)Nc1ccccc1OC(F)F)n1cc(C(=O)N(C)C)nn1. The van der Waals surface area contributed by atoms with Gasteiger partial charge in [0.05, 0.1) is 11.9 Å². The number of hydrogen-bond donors (Lipinski definition) is 1. The zero-order valence-corrected chi connectivity index (χ0v) is 13.8. The molecule has 0 aliphatic carbocycles. The Bertz CT molecular complexity index is 763. The van der Waals surface area contributed by atoms with Crippen molar-refractivity contribution in [2.24, 2.45) is 0 Å². The van der Waals surface area contributed by atoms with Gasteiger partial charge in [-0.3, -0.25) is 9.59 Å². The Hall–Kier alpha value is -3.04. The van der Waals surface area contributed by atoms with Crippen LogP contribution >= 0.6 is 0 Å². The molecule has 0 saturated heterocycles. The molecule has 25 heavy (non-hydrogen) atoms. The highest BCUT2D eigenvalue weighted by Crippen LogP contribution is 2.26. The summed E-state index contributed by atoms with van der Waals surface area (Å²) >= 11 is 0. The molecule has 1 unspecified atom stereocenters. The van der Waals surface area contributed by atoms with Gasteiger partial charge in [0.1, 0.15) is 11.8 Å². The number of halogens is 2. The molecule has 1 atom stereocenters. The topological polar surface area (TPSA) is 89.4 Å². The van der Waals surface area contributed by atoms with E-state index >= 15 is 0 Å². The molecule has 0 radical (unpaired) electrons. The first kappa shape index (κ1) is 18.3. The second-order valence-corrected chi connectivity index (χ2v) is 5.32. The summed E-state index contributed by atoms with van der Waals surface area (Å²) in [7, 11) is 3.13. The molecule has 10 heteroatoms. The van der Waals surface area contributed by atoms with E-state index in [4.69, 9.17) is 0 Å². The number of rotatable bonds is 6. The Morgan fingerprint density at radius 3 is 2.60 bits per heavy atom. The Balaban J connectivity index is 2.12. The minimum atomic E-state index is -3.01. The summed E-state index contributed by atoms with van der Waals surface area (Å²) in [4.78, 5) is 25.5. The van der Waals surface area contributed by atoms with Gasteiger partial charge in [0, 0.05) is 14.1 Å². The molecule has 1 aromatic carbocycles. The van der Waals surface area contributed by atoms with E-state index in [1.807, 2.05) is 0 Å². The van der Waals surface area contributed by atoms with Crippen LogP contribution in [0.4, 0.5) is 14.5 Å². The van der Waals surface area contributed by atoms with Crippen molar-refractivity contribution >= 4 is 17.5 Å². The van der Waals surface area contributed by atoms with Gasteiger partial charge in [0.15, 0.2) is 5.69 Å². The van der Waals surface area contributed by atoms with Crippen molar-refractivity contribution in [2.45, 2.75) is 19.6 Å². The summed E-state index contributed by atoms with van der Waals surface area (Å²) in [6.07, 6.45) is 1.34. The molecule has 0 bridgehead atoms. The quantitative estimate of drug-likeness (QED) is 0.855. The molecule has 0 saturated carbocycles. The van der Waals surface area contributed by atoms with Crippen molar-refractivity contribution in [3.8, 4) is 5.75 Å². The number of carbonyl (C=O) groups is 2. The maximum absolute atomic E-state index is 12.4. The number of hydrogen-bond acceptors (Lipinski definition) is 5. The van der Waals surface area contributed by atoms with Gasteiger partial charge in [0.25, 0.3) is 5.91 Å². The average molecular weight is 353 g/mol. The fraction of sp³-hybridized carbons (Fsp3) is 0.333. The van der Waals surface area contributed by atoms with Gasteiger partial charge in [-0.1, -0.05) is 17.3 Å². The predicted octanol–water partition coefficient (Wildman–Crippen LogP) is 1.78. The van der Waals surface area contributed by atoms with Crippen LogP contribution in [0.5, 0.6) is 5.75 Å². The number of anilines is 1. The van der Waals surface area contributed by atoms with Crippen molar-refractivity contribution in [2.75, 3.05) is 19.4 Å². The van der Waals surface area contributed by atoms with E-state index in [2.05, 4.69) is 20.4 Å². The number of benzene rings is 1. The Morgan fingerprint density at radius 1 is 1.28 bits per heavy atom. The largest absolute Gasteiger partial charge is 0.433 e. The number of para-hydroxylation sites is 2. The number of carbonyl (C=O) groups excluding carboxylic acids is 2. The summed E-state index contributed by atoms with van der Waals surface area (Å²) in [6, 6.07) is 5.01. The molecular formula is C15H17F2N5O3. The van der Waals surface area contributed by atoms with Crippen molar-refractivity contribution in [1.82, 2.24) is 19.9 Å². The highest BCUT2D eigenvalue weighted by molar-refractivity contribution is 5.95. The van der Waals surface area contributed by atoms with Crippen molar-refractivity contribution in [3.63, 3.8) is 0 Å². The zero-order valence-electron chi connectivity index (χ0n) is 13.8. The molecule has 8 nitrogen and oxygen atoms in total. The Labute approximate surface area is 142 Å². The standard InChI is InChI=1S/C15H17F2N5O3/c1-9(22-8-11(19-20-22)14(24)21(2)3)13(23)18-10-6-4-5-7-12(10)25-15(16)17/h4-9,15H,1-3H3,(H,18,23). The highest BCUT2D eigenvalue weighted by atomic mass is 19.3. The Morgan fingerprint density at radius 2 is 1.96 bits per heavy atom. The number of ether oxygens (including phenoxy) is 1. The first-order valence-corrected chi connectivity index (χ1v) is 7.27. The molecular weight excluding hydrogens is 336 g/mol. The maximum atomic E-state index is 12.4. The second-order valence-electron chi connectivity index (χ2n) is 5.32.